The van der Waals surface area contributed by atoms with Crippen molar-refractivity contribution in [3.63, 3.8) is 0 Å². The second-order valence-corrected chi connectivity index (χ2v) is 4.19. The largest absolute Gasteiger partial charge is 0.337 e. The molecular weight excluding hydrogens is 316 g/mol. The topological polar surface area (TPSA) is 24.9 Å². The van der Waals surface area contributed by atoms with Gasteiger partial charge in [-0.2, -0.15) is 9.37 Å². The molecule has 0 amide bonds. The number of hydrogen-bond donors (Lipinski definition) is 1. The molecule has 1 aromatic heterocycles. The Morgan fingerprint density at radius 3 is 2.44 bits per heavy atom. The lowest BCUT2D eigenvalue weighted by molar-refractivity contribution is 0.467. The Bertz CT molecular complexity index is 604. The van der Waals surface area contributed by atoms with Gasteiger partial charge in [0.15, 0.2) is 17.5 Å². The van der Waals surface area contributed by atoms with E-state index in [1.165, 1.54) is 12.1 Å². The van der Waals surface area contributed by atoms with Gasteiger partial charge in [-0.05, 0) is 34.1 Å². The number of pyridine rings is 1. The van der Waals surface area contributed by atoms with E-state index in [1.807, 2.05) is 0 Å². The molecular formula is C11H5BrF4N2. The molecule has 0 spiro atoms. The fourth-order valence-electron chi connectivity index (χ4n) is 1.25. The minimum Gasteiger partial charge on any atom is -0.337 e. The normalized spacial score (nSPS) is 10.5. The summed E-state index contributed by atoms with van der Waals surface area (Å²) in [6.45, 7) is 0. The number of benzene rings is 1. The van der Waals surface area contributed by atoms with E-state index in [0.717, 1.165) is 6.07 Å². The number of nitrogens with zero attached hydrogens (tertiary/aromatic N) is 1. The van der Waals surface area contributed by atoms with E-state index >= 15 is 0 Å². The number of halogens is 5. The number of hydrogen-bond acceptors (Lipinski definition) is 2. The van der Waals surface area contributed by atoms with Crippen LogP contribution >= 0.6 is 15.9 Å². The van der Waals surface area contributed by atoms with Crippen molar-refractivity contribution in [1.29, 1.82) is 0 Å². The number of nitrogens with one attached hydrogen (secondary N) is 1. The molecule has 18 heavy (non-hydrogen) atoms. The van der Waals surface area contributed by atoms with Gasteiger partial charge < -0.3 is 5.32 Å². The van der Waals surface area contributed by atoms with Gasteiger partial charge in [0.05, 0.1) is 5.69 Å². The molecule has 7 heteroatoms. The Labute approximate surface area is 108 Å². The predicted molar refractivity (Wildman–Crippen MR) is 61.5 cm³/mol. The molecule has 2 rings (SSSR count). The molecule has 0 bridgehead atoms. The van der Waals surface area contributed by atoms with Gasteiger partial charge in [-0.25, -0.2) is 13.2 Å². The monoisotopic (exact) mass is 320 g/mol. The predicted octanol–water partition coefficient (Wildman–Crippen LogP) is 4.14. The standard InChI is InChI=1S/C11H5BrF4N2/c12-6-2-1-5(13)3-9(6)17-11-8(15)4-7(14)10(16)18-11/h1-4H,(H,17,18). The van der Waals surface area contributed by atoms with E-state index in [-0.39, 0.29) is 5.69 Å². The lowest BCUT2D eigenvalue weighted by Crippen LogP contribution is -2.02. The van der Waals surface area contributed by atoms with Crippen LogP contribution in [0.1, 0.15) is 0 Å². The minimum absolute atomic E-state index is 0.146. The molecule has 0 saturated heterocycles. The summed E-state index contributed by atoms with van der Waals surface area (Å²) in [5.74, 6) is -5.00. The van der Waals surface area contributed by atoms with E-state index in [9.17, 15) is 17.6 Å². The minimum atomic E-state index is -1.44. The van der Waals surface area contributed by atoms with Crippen molar-refractivity contribution in [2.45, 2.75) is 0 Å². The number of rotatable bonds is 2. The summed E-state index contributed by atoms with van der Waals surface area (Å²) >= 11 is 3.10. The summed E-state index contributed by atoms with van der Waals surface area (Å²) in [7, 11) is 0. The Morgan fingerprint density at radius 1 is 1.00 bits per heavy atom. The zero-order valence-electron chi connectivity index (χ0n) is 8.65. The van der Waals surface area contributed by atoms with Crippen LogP contribution in [0.3, 0.4) is 0 Å². The molecule has 94 valence electrons. The average molecular weight is 321 g/mol. The third-order valence-corrected chi connectivity index (χ3v) is 2.76. The van der Waals surface area contributed by atoms with Crippen LogP contribution < -0.4 is 5.32 Å². The van der Waals surface area contributed by atoms with Crippen LogP contribution in [0.15, 0.2) is 28.7 Å². The van der Waals surface area contributed by atoms with Crippen molar-refractivity contribution in [2.75, 3.05) is 5.32 Å². The Morgan fingerprint density at radius 2 is 1.72 bits per heavy atom. The zero-order valence-corrected chi connectivity index (χ0v) is 10.2. The van der Waals surface area contributed by atoms with E-state index in [0.29, 0.717) is 10.5 Å². The van der Waals surface area contributed by atoms with Crippen molar-refractivity contribution < 1.29 is 17.6 Å². The second-order valence-electron chi connectivity index (χ2n) is 3.34. The second kappa shape index (κ2) is 4.93. The quantitative estimate of drug-likeness (QED) is 0.664. The average Bonchev–Trinajstić information content (AvgIpc) is 2.30. The SMILES string of the molecule is Fc1ccc(Br)c(Nc2nc(F)c(F)cc2F)c1. The summed E-state index contributed by atoms with van der Waals surface area (Å²) in [6, 6.07) is 3.99. The van der Waals surface area contributed by atoms with Crippen LogP contribution in [0.2, 0.25) is 0 Å². The van der Waals surface area contributed by atoms with Crippen LogP contribution in [-0.2, 0) is 0 Å². The molecule has 1 N–H and O–H groups in total. The van der Waals surface area contributed by atoms with Crippen LogP contribution in [-0.4, -0.2) is 4.98 Å². The third-order valence-electron chi connectivity index (χ3n) is 2.07. The first-order valence-corrected chi connectivity index (χ1v) is 5.50. The molecule has 0 saturated carbocycles. The van der Waals surface area contributed by atoms with Crippen molar-refractivity contribution in [2.24, 2.45) is 0 Å². The smallest absolute Gasteiger partial charge is 0.251 e. The first kappa shape index (κ1) is 12.8. The third kappa shape index (κ3) is 2.61. The van der Waals surface area contributed by atoms with Gasteiger partial charge in [-0.1, -0.05) is 0 Å². The van der Waals surface area contributed by atoms with Crippen LogP contribution in [0, 0.1) is 23.4 Å². The van der Waals surface area contributed by atoms with Crippen molar-refractivity contribution >= 4 is 27.4 Å². The van der Waals surface area contributed by atoms with Crippen LogP contribution in [0.4, 0.5) is 29.1 Å². The molecule has 1 heterocycles. The maximum atomic E-state index is 13.3. The molecule has 0 aliphatic rings. The van der Waals surface area contributed by atoms with Crippen molar-refractivity contribution in [3.05, 3.63) is 52.1 Å². The highest BCUT2D eigenvalue weighted by molar-refractivity contribution is 9.10. The summed E-state index contributed by atoms with van der Waals surface area (Å²) < 4.78 is 52.2. The summed E-state index contributed by atoms with van der Waals surface area (Å²) in [6.07, 6.45) is 0. The van der Waals surface area contributed by atoms with E-state index in [4.69, 9.17) is 0 Å². The lowest BCUT2D eigenvalue weighted by atomic mass is 10.3. The van der Waals surface area contributed by atoms with Gasteiger partial charge in [0, 0.05) is 10.5 Å². The Balaban J connectivity index is 2.40. The molecule has 0 fully saturated rings. The number of anilines is 2. The molecule has 1 aromatic carbocycles. The van der Waals surface area contributed by atoms with Gasteiger partial charge >= 0.3 is 0 Å². The highest BCUT2D eigenvalue weighted by Gasteiger charge is 2.13. The van der Waals surface area contributed by atoms with Gasteiger partial charge in [0.1, 0.15) is 5.82 Å². The van der Waals surface area contributed by atoms with Crippen molar-refractivity contribution in [1.82, 2.24) is 4.98 Å². The van der Waals surface area contributed by atoms with E-state index in [1.54, 1.807) is 0 Å². The summed E-state index contributed by atoms with van der Waals surface area (Å²) in [5, 5.41) is 2.37. The molecule has 0 aliphatic carbocycles. The molecule has 2 nitrogen and oxygen atoms in total. The van der Waals surface area contributed by atoms with Crippen molar-refractivity contribution in [3.8, 4) is 0 Å². The first-order chi connectivity index (χ1) is 8.47. The van der Waals surface area contributed by atoms with Gasteiger partial charge in [-0.15, -0.1) is 0 Å². The Kier molecular flexibility index (Phi) is 3.51. The molecule has 2 aromatic rings. The number of aromatic nitrogens is 1. The van der Waals surface area contributed by atoms with E-state index < -0.39 is 29.2 Å². The fraction of sp³-hybridized carbons (Fsp3) is 0. The van der Waals surface area contributed by atoms with E-state index in [2.05, 4.69) is 26.2 Å². The lowest BCUT2D eigenvalue weighted by Gasteiger charge is -2.09. The molecule has 0 radical (unpaired) electrons. The van der Waals surface area contributed by atoms with Gasteiger partial charge in [0.25, 0.3) is 5.95 Å². The van der Waals surface area contributed by atoms with Crippen LogP contribution in [0.5, 0.6) is 0 Å². The van der Waals surface area contributed by atoms with Gasteiger partial charge in [-0.3, -0.25) is 0 Å². The Hall–Kier alpha value is -1.63. The maximum Gasteiger partial charge on any atom is 0.251 e. The first-order valence-electron chi connectivity index (χ1n) is 4.71. The van der Waals surface area contributed by atoms with Crippen LogP contribution in [0.25, 0.3) is 0 Å². The molecule has 0 atom stereocenters. The zero-order chi connectivity index (χ0) is 13.3. The van der Waals surface area contributed by atoms with Gasteiger partial charge in [0.2, 0.25) is 0 Å². The molecule has 0 aliphatic heterocycles. The highest BCUT2D eigenvalue weighted by Crippen LogP contribution is 2.27. The molecule has 0 unspecified atom stereocenters. The summed E-state index contributed by atoms with van der Waals surface area (Å²) in [4.78, 5) is 3.07. The summed E-state index contributed by atoms with van der Waals surface area (Å²) in [5.41, 5.74) is 0.146. The highest BCUT2D eigenvalue weighted by atomic mass is 79.9. The maximum absolute atomic E-state index is 13.3. The fourth-order valence-corrected chi connectivity index (χ4v) is 1.60.